The molecule has 8 aromatic carbocycles. The van der Waals surface area contributed by atoms with Crippen LogP contribution in [0.15, 0.2) is 170 Å². The molecule has 2 aliphatic rings. The Morgan fingerprint density at radius 3 is 1.58 bits per heavy atom. The highest BCUT2D eigenvalue weighted by molar-refractivity contribution is 6.20. The van der Waals surface area contributed by atoms with Crippen LogP contribution in [0.4, 0.5) is 0 Å². The monoisotopic (exact) mass is 676 g/mol. The van der Waals surface area contributed by atoms with Crippen molar-refractivity contribution >= 4 is 70.7 Å². The second-order valence-electron chi connectivity index (χ2n) is 13.8. The van der Waals surface area contributed by atoms with Gasteiger partial charge in [0.1, 0.15) is 0 Å². The third kappa shape index (κ3) is 4.00. The lowest BCUT2D eigenvalue weighted by atomic mass is 10.0. The molecule has 0 saturated heterocycles. The molecule has 6 heteroatoms. The van der Waals surface area contributed by atoms with Gasteiger partial charge >= 0.3 is 0 Å². The molecule has 0 radical (unpaired) electrons. The highest BCUT2D eigenvalue weighted by Gasteiger charge is 2.26. The molecule has 0 spiro atoms. The smallest absolute Gasteiger partial charge is 0.238 e. The van der Waals surface area contributed by atoms with E-state index < -0.39 is 0 Å². The van der Waals surface area contributed by atoms with Crippen molar-refractivity contribution in [1.29, 1.82) is 0 Å². The van der Waals surface area contributed by atoms with Crippen LogP contribution in [0.5, 0.6) is 0 Å². The molecule has 0 saturated carbocycles. The Morgan fingerprint density at radius 1 is 0.358 bits per heavy atom. The third-order valence-electron chi connectivity index (χ3n) is 10.8. The first kappa shape index (κ1) is 28.4. The molecule has 53 heavy (non-hydrogen) atoms. The minimum atomic E-state index is 0.563. The van der Waals surface area contributed by atoms with Gasteiger partial charge in [0.05, 0.1) is 33.3 Å². The van der Waals surface area contributed by atoms with Gasteiger partial charge in [0.25, 0.3) is 0 Å². The maximum absolute atomic E-state index is 5.28. The zero-order valence-electron chi connectivity index (χ0n) is 28.3. The molecule has 2 aliphatic heterocycles. The molecule has 6 nitrogen and oxygen atoms in total. The Kier molecular flexibility index (Phi) is 5.68. The normalized spacial score (nSPS) is 12.2. The molecule has 2 aromatic heterocycles. The Bertz CT molecular complexity index is 3330. The molecule has 12 rings (SSSR count). The number of para-hydroxylation sites is 3. The van der Waals surface area contributed by atoms with Crippen LogP contribution in [0, 0.1) is 0 Å². The SMILES string of the molecule is c1ccc(-c2nc(-c3ccccc3)nc(-n3c4cccc5c4-n(c4cc6cc7ccccc7cc6cc43)n3c4ccccc4c4cccc5c43)n2)cc1. The number of hydrogen-bond donors (Lipinski definition) is 0. The zero-order valence-corrected chi connectivity index (χ0v) is 28.3. The molecule has 0 N–H and O–H groups in total. The Labute approximate surface area is 302 Å². The van der Waals surface area contributed by atoms with Crippen molar-refractivity contribution in [1.82, 2.24) is 28.7 Å². The molecule has 0 amide bonds. The van der Waals surface area contributed by atoms with Crippen LogP contribution < -0.4 is 0 Å². The lowest BCUT2D eigenvalue weighted by molar-refractivity contribution is 0.830. The summed E-state index contributed by atoms with van der Waals surface area (Å²) in [7, 11) is 0. The number of fused-ring (bicyclic) bond motifs is 9. The van der Waals surface area contributed by atoms with Gasteiger partial charge in [-0.15, -0.1) is 0 Å². The predicted molar refractivity (Wildman–Crippen MR) is 217 cm³/mol. The molecular formula is C47H28N6. The fourth-order valence-corrected chi connectivity index (χ4v) is 8.46. The van der Waals surface area contributed by atoms with Gasteiger partial charge in [-0.25, -0.2) is 14.2 Å². The Balaban J connectivity index is 1.33. The number of aromatic nitrogens is 6. The van der Waals surface area contributed by atoms with E-state index in [9.17, 15) is 0 Å². The summed E-state index contributed by atoms with van der Waals surface area (Å²) >= 11 is 0. The Morgan fingerprint density at radius 2 is 0.887 bits per heavy atom. The van der Waals surface area contributed by atoms with E-state index in [1.165, 1.54) is 43.2 Å². The van der Waals surface area contributed by atoms with Gasteiger partial charge in [-0.2, -0.15) is 9.97 Å². The van der Waals surface area contributed by atoms with Crippen molar-refractivity contribution in [2.75, 3.05) is 0 Å². The molecule has 4 heterocycles. The summed E-state index contributed by atoms with van der Waals surface area (Å²) in [5.74, 6) is 1.81. The highest BCUT2D eigenvalue weighted by atomic mass is 15.4. The van der Waals surface area contributed by atoms with Crippen LogP contribution >= 0.6 is 0 Å². The molecule has 0 unspecified atom stereocenters. The summed E-state index contributed by atoms with van der Waals surface area (Å²) in [6.07, 6.45) is 0. The fraction of sp³-hybridized carbons (Fsp3) is 0. The van der Waals surface area contributed by atoms with E-state index in [2.05, 4.69) is 147 Å². The van der Waals surface area contributed by atoms with Crippen LogP contribution in [0.3, 0.4) is 0 Å². The first-order valence-electron chi connectivity index (χ1n) is 17.9. The summed E-state index contributed by atoms with van der Waals surface area (Å²) in [6, 6.07) is 60.2. The summed E-state index contributed by atoms with van der Waals surface area (Å²) in [5.41, 5.74) is 8.36. The maximum Gasteiger partial charge on any atom is 0.238 e. The van der Waals surface area contributed by atoms with Crippen molar-refractivity contribution in [3.8, 4) is 34.4 Å². The molecule has 246 valence electrons. The van der Waals surface area contributed by atoms with Crippen molar-refractivity contribution in [2.24, 2.45) is 0 Å². The van der Waals surface area contributed by atoms with E-state index in [4.69, 9.17) is 15.0 Å². The maximum atomic E-state index is 5.28. The van der Waals surface area contributed by atoms with Gasteiger partial charge in [0.15, 0.2) is 11.6 Å². The first-order chi connectivity index (χ1) is 26.3. The van der Waals surface area contributed by atoms with Crippen LogP contribution in [0.1, 0.15) is 0 Å². The molecule has 10 aromatic rings. The second kappa shape index (κ2) is 10.6. The first-order valence-corrected chi connectivity index (χ1v) is 17.9. The molecule has 0 atom stereocenters. The van der Waals surface area contributed by atoms with Gasteiger partial charge in [0.2, 0.25) is 5.95 Å². The van der Waals surface area contributed by atoms with Gasteiger partial charge in [0, 0.05) is 32.7 Å². The standard InChI is InChI=1S/C47H28N6/c1-3-13-29(14-4-1)45-48-46(30-15-5-2-6-16-30)50-47(49-45)51-40-24-12-22-38-37-21-11-20-36-35-19-9-10-23-39(35)52(43(36)37)53(44(38)40)42-28-34-26-32-18-8-7-17-31(32)25-33(34)27-41(42)51/h1-28H. The molecule has 0 bridgehead atoms. The topological polar surface area (TPSA) is 52.9 Å². The quantitative estimate of drug-likeness (QED) is 0.138. The van der Waals surface area contributed by atoms with Crippen LogP contribution in [0.2, 0.25) is 0 Å². The largest absolute Gasteiger partial charge is 0.275 e. The lowest BCUT2D eigenvalue weighted by Crippen LogP contribution is -2.18. The summed E-state index contributed by atoms with van der Waals surface area (Å²) in [5, 5.41) is 9.56. The lowest BCUT2D eigenvalue weighted by Gasteiger charge is -2.26. The van der Waals surface area contributed by atoms with E-state index in [0.717, 1.165) is 44.3 Å². The van der Waals surface area contributed by atoms with Crippen LogP contribution in [0.25, 0.3) is 105 Å². The highest BCUT2D eigenvalue weighted by Crippen LogP contribution is 2.43. The van der Waals surface area contributed by atoms with Crippen molar-refractivity contribution in [3.05, 3.63) is 170 Å². The number of hydrogen-bond acceptors (Lipinski definition) is 3. The minimum absolute atomic E-state index is 0.563. The summed E-state index contributed by atoms with van der Waals surface area (Å²) < 4.78 is 7.10. The second-order valence-corrected chi connectivity index (χ2v) is 13.8. The average Bonchev–Trinajstić information content (AvgIpc) is 3.56. The predicted octanol–water partition coefficient (Wildman–Crippen LogP) is 11.4. The molecule has 0 fully saturated rings. The number of rotatable bonds is 3. The average molecular weight is 677 g/mol. The van der Waals surface area contributed by atoms with Crippen molar-refractivity contribution in [3.63, 3.8) is 0 Å². The molecule has 0 aliphatic carbocycles. The van der Waals surface area contributed by atoms with E-state index in [0.29, 0.717) is 17.6 Å². The number of nitrogens with zero attached hydrogens (tertiary/aromatic N) is 6. The summed E-state index contributed by atoms with van der Waals surface area (Å²) in [4.78, 5) is 15.6. The summed E-state index contributed by atoms with van der Waals surface area (Å²) in [6.45, 7) is 0. The minimum Gasteiger partial charge on any atom is -0.275 e. The fourth-order valence-electron chi connectivity index (χ4n) is 8.46. The van der Waals surface area contributed by atoms with Crippen LogP contribution in [-0.4, -0.2) is 28.7 Å². The van der Waals surface area contributed by atoms with Gasteiger partial charge in [-0.1, -0.05) is 133 Å². The van der Waals surface area contributed by atoms with Crippen LogP contribution in [-0.2, 0) is 0 Å². The number of benzene rings is 8. The van der Waals surface area contributed by atoms with E-state index in [1.807, 2.05) is 36.4 Å². The zero-order chi connectivity index (χ0) is 34.6. The third-order valence-corrected chi connectivity index (χ3v) is 10.8. The van der Waals surface area contributed by atoms with E-state index >= 15 is 0 Å². The van der Waals surface area contributed by atoms with E-state index in [-0.39, 0.29) is 0 Å². The van der Waals surface area contributed by atoms with Crippen molar-refractivity contribution in [2.45, 2.75) is 0 Å². The van der Waals surface area contributed by atoms with Crippen molar-refractivity contribution < 1.29 is 0 Å². The molecular weight excluding hydrogens is 649 g/mol. The van der Waals surface area contributed by atoms with Gasteiger partial charge < -0.3 is 0 Å². The van der Waals surface area contributed by atoms with Gasteiger partial charge in [-0.3, -0.25) is 4.57 Å². The Hall–Kier alpha value is -7.31. The van der Waals surface area contributed by atoms with E-state index in [1.54, 1.807) is 0 Å². The van der Waals surface area contributed by atoms with Gasteiger partial charge in [-0.05, 0) is 57.9 Å².